The Morgan fingerprint density at radius 2 is 1.74 bits per heavy atom. The first-order chi connectivity index (χ1) is 16.6. The molecule has 0 radical (unpaired) electrons. The van der Waals surface area contributed by atoms with Gasteiger partial charge in [0, 0.05) is 36.8 Å². The monoisotopic (exact) mass is 497 g/mol. The lowest BCUT2D eigenvalue weighted by atomic mass is 9.97. The number of carbonyl (C=O) groups is 2. The number of benzene rings is 2. The van der Waals surface area contributed by atoms with E-state index >= 15 is 0 Å². The Bertz CT molecular complexity index is 1210. The molecule has 4 rings (SSSR count). The van der Waals surface area contributed by atoms with Crippen molar-refractivity contribution >= 4 is 27.5 Å². The molecule has 2 aromatic rings. The fraction of sp³-hybridized carbons (Fsp3) is 0.481. The number of fused-ring (bicyclic) bond motifs is 1. The fourth-order valence-electron chi connectivity index (χ4n) is 4.79. The van der Waals surface area contributed by atoms with Crippen LogP contribution in [0.5, 0.6) is 0 Å². The van der Waals surface area contributed by atoms with Crippen LogP contribution in [0.3, 0.4) is 0 Å². The number of sulfonamides is 1. The largest absolute Gasteiger partial charge is 0.352 e. The highest BCUT2D eigenvalue weighted by molar-refractivity contribution is 7.89. The van der Waals surface area contributed by atoms with Crippen LogP contribution in [0.25, 0.3) is 0 Å². The molecule has 1 fully saturated rings. The Morgan fingerprint density at radius 1 is 1.03 bits per heavy atom. The van der Waals surface area contributed by atoms with E-state index < -0.39 is 10.0 Å². The predicted molar refractivity (Wildman–Crippen MR) is 137 cm³/mol. The summed E-state index contributed by atoms with van der Waals surface area (Å²) in [6.45, 7) is 7.20. The molecule has 0 bridgehead atoms. The minimum Gasteiger partial charge on any atom is -0.352 e. The number of amides is 2. The molecule has 2 N–H and O–H groups in total. The Hall–Kier alpha value is -2.71. The third-order valence-corrected chi connectivity index (χ3v) is 8.84. The maximum atomic E-state index is 13.2. The van der Waals surface area contributed by atoms with E-state index in [2.05, 4.69) is 10.6 Å². The van der Waals surface area contributed by atoms with Crippen molar-refractivity contribution < 1.29 is 18.0 Å². The Kier molecular flexibility index (Phi) is 7.62. The number of carbonyl (C=O) groups excluding carboxylic acids is 2. The highest BCUT2D eigenvalue weighted by Crippen LogP contribution is 2.29. The maximum absolute atomic E-state index is 13.2. The van der Waals surface area contributed by atoms with E-state index in [1.807, 2.05) is 32.9 Å². The van der Waals surface area contributed by atoms with Crippen LogP contribution in [0.4, 0.5) is 5.69 Å². The first-order valence-corrected chi connectivity index (χ1v) is 13.9. The van der Waals surface area contributed by atoms with Crippen molar-refractivity contribution in [1.82, 2.24) is 9.62 Å². The maximum Gasteiger partial charge on any atom is 0.251 e. The molecular weight excluding hydrogens is 462 g/mol. The minimum atomic E-state index is -3.56. The summed E-state index contributed by atoms with van der Waals surface area (Å²) in [4.78, 5) is 25.6. The summed E-state index contributed by atoms with van der Waals surface area (Å²) in [5.41, 5.74) is 4.43. The van der Waals surface area contributed by atoms with Crippen LogP contribution in [0.15, 0.2) is 41.3 Å². The SMILES string of the molecule is Cc1cc(C(=O)NCC(C)C)ccc1NC(=O)C1CCN(S(=O)(=O)c2ccc3c(c2)CCC3)CC1. The van der Waals surface area contributed by atoms with Gasteiger partial charge < -0.3 is 10.6 Å². The lowest BCUT2D eigenvalue weighted by Gasteiger charge is -2.30. The zero-order valence-corrected chi connectivity index (χ0v) is 21.6. The van der Waals surface area contributed by atoms with Crippen molar-refractivity contribution in [1.29, 1.82) is 0 Å². The van der Waals surface area contributed by atoms with Gasteiger partial charge in [-0.15, -0.1) is 0 Å². The average molecular weight is 498 g/mol. The summed E-state index contributed by atoms with van der Waals surface area (Å²) in [5, 5.41) is 5.87. The molecular formula is C27H35N3O4S. The van der Waals surface area contributed by atoms with Gasteiger partial charge in [0.15, 0.2) is 0 Å². The molecule has 0 spiro atoms. The van der Waals surface area contributed by atoms with Crippen molar-refractivity contribution in [2.75, 3.05) is 25.0 Å². The van der Waals surface area contributed by atoms with Crippen LogP contribution in [-0.2, 0) is 27.7 Å². The van der Waals surface area contributed by atoms with Crippen LogP contribution < -0.4 is 10.6 Å². The predicted octanol–water partition coefficient (Wildman–Crippen LogP) is 3.91. The summed E-state index contributed by atoms with van der Waals surface area (Å²) in [6.07, 6.45) is 3.98. The lowest BCUT2D eigenvalue weighted by Crippen LogP contribution is -2.41. The first kappa shape index (κ1) is 25.4. The molecule has 2 aromatic carbocycles. The molecule has 0 saturated carbocycles. The molecule has 2 aliphatic rings. The molecule has 0 atom stereocenters. The normalized spacial score (nSPS) is 16.8. The Labute approximate surface area is 208 Å². The van der Waals surface area contributed by atoms with Gasteiger partial charge in [-0.1, -0.05) is 19.9 Å². The minimum absolute atomic E-state index is 0.111. The molecule has 0 unspecified atom stereocenters. The zero-order valence-electron chi connectivity index (χ0n) is 20.8. The highest BCUT2D eigenvalue weighted by Gasteiger charge is 2.32. The van der Waals surface area contributed by atoms with Crippen molar-refractivity contribution in [2.24, 2.45) is 11.8 Å². The third-order valence-electron chi connectivity index (χ3n) is 6.95. The number of piperidine rings is 1. The Morgan fingerprint density at radius 3 is 2.43 bits per heavy atom. The van der Waals surface area contributed by atoms with Crippen molar-refractivity contribution in [3.63, 3.8) is 0 Å². The van der Waals surface area contributed by atoms with E-state index in [1.54, 1.807) is 24.3 Å². The number of hydrogen-bond donors (Lipinski definition) is 2. The number of nitrogens with one attached hydrogen (secondary N) is 2. The summed E-state index contributed by atoms with van der Waals surface area (Å²) in [6, 6.07) is 10.7. The summed E-state index contributed by atoms with van der Waals surface area (Å²) < 4.78 is 27.8. The van der Waals surface area contributed by atoms with Crippen LogP contribution in [-0.4, -0.2) is 44.2 Å². The molecule has 0 aromatic heterocycles. The number of rotatable bonds is 7. The van der Waals surface area contributed by atoms with Gasteiger partial charge in [-0.05, 0) is 92.0 Å². The molecule has 1 aliphatic carbocycles. The quantitative estimate of drug-likeness (QED) is 0.606. The van der Waals surface area contributed by atoms with Crippen LogP contribution in [0.1, 0.15) is 60.2 Å². The van der Waals surface area contributed by atoms with E-state index in [-0.39, 0.29) is 17.7 Å². The van der Waals surface area contributed by atoms with Gasteiger partial charge >= 0.3 is 0 Å². The van der Waals surface area contributed by atoms with Gasteiger partial charge in [0.05, 0.1) is 4.90 Å². The molecule has 8 heteroatoms. The second-order valence-electron chi connectivity index (χ2n) is 10.1. The topological polar surface area (TPSA) is 95.6 Å². The van der Waals surface area contributed by atoms with Crippen LogP contribution in [0, 0.1) is 18.8 Å². The smallest absolute Gasteiger partial charge is 0.251 e. The second-order valence-corrected chi connectivity index (χ2v) is 12.0. The molecule has 35 heavy (non-hydrogen) atoms. The fourth-order valence-corrected chi connectivity index (χ4v) is 6.32. The van der Waals surface area contributed by atoms with E-state index in [9.17, 15) is 18.0 Å². The van der Waals surface area contributed by atoms with E-state index in [0.717, 1.165) is 30.4 Å². The van der Waals surface area contributed by atoms with Gasteiger partial charge in [0.25, 0.3) is 5.91 Å². The van der Waals surface area contributed by atoms with E-state index in [0.29, 0.717) is 54.5 Å². The third kappa shape index (κ3) is 5.76. The lowest BCUT2D eigenvalue weighted by molar-refractivity contribution is -0.120. The molecule has 7 nitrogen and oxygen atoms in total. The van der Waals surface area contributed by atoms with Crippen molar-refractivity contribution in [2.45, 2.75) is 57.8 Å². The molecule has 1 aliphatic heterocycles. The average Bonchev–Trinajstić information content (AvgIpc) is 3.32. The molecule has 1 heterocycles. The van der Waals surface area contributed by atoms with Gasteiger partial charge in [-0.25, -0.2) is 8.42 Å². The first-order valence-electron chi connectivity index (χ1n) is 12.5. The van der Waals surface area contributed by atoms with Gasteiger partial charge in [0.1, 0.15) is 0 Å². The van der Waals surface area contributed by atoms with Crippen LogP contribution in [0.2, 0.25) is 0 Å². The number of aryl methyl sites for hydroxylation is 3. The molecule has 2 amide bonds. The van der Waals surface area contributed by atoms with Gasteiger partial charge in [-0.2, -0.15) is 4.31 Å². The summed E-state index contributed by atoms with van der Waals surface area (Å²) >= 11 is 0. The number of nitrogens with zero attached hydrogens (tertiary/aromatic N) is 1. The Balaban J connectivity index is 1.34. The second kappa shape index (κ2) is 10.5. The van der Waals surface area contributed by atoms with Gasteiger partial charge in [-0.3, -0.25) is 9.59 Å². The highest BCUT2D eigenvalue weighted by atomic mass is 32.2. The summed E-state index contributed by atoms with van der Waals surface area (Å²) in [7, 11) is -3.56. The number of anilines is 1. The van der Waals surface area contributed by atoms with Gasteiger partial charge in [0.2, 0.25) is 15.9 Å². The zero-order chi connectivity index (χ0) is 25.2. The molecule has 188 valence electrons. The van der Waals surface area contributed by atoms with Crippen molar-refractivity contribution in [3.05, 3.63) is 58.7 Å². The van der Waals surface area contributed by atoms with Crippen LogP contribution >= 0.6 is 0 Å². The van der Waals surface area contributed by atoms with Crippen molar-refractivity contribution in [3.8, 4) is 0 Å². The van der Waals surface area contributed by atoms with E-state index in [1.165, 1.54) is 9.87 Å². The summed E-state index contributed by atoms with van der Waals surface area (Å²) in [5.74, 6) is -0.125. The molecule has 1 saturated heterocycles. The van der Waals surface area contributed by atoms with E-state index in [4.69, 9.17) is 0 Å². The standard InChI is InChI=1S/C27H35N3O4S/c1-18(2)17-28-26(31)23-8-10-25(19(3)15-23)29-27(32)21-11-13-30(14-12-21)35(33,34)24-9-7-20-5-4-6-22(20)16-24/h7-10,15-16,18,21H,4-6,11-14,17H2,1-3H3,(H,28,31)(H,29,32). The number of hydrogen-bond acceptors (Lipinski definition) is 4.